The van der Waals surface area contributed by atoms with Crippen molar-refractivity contribution < 1.29 is 18.7 Å². The summed E-state index contributed by atoms with van der Waals surface area (Å²) < 4.78 is 19.1. The van der Waals surface area contributed by atoms with Crippen molar-refractivity contribution in [2.24, 2.45) is 0 Å². The van der Waals surface area contributed by atoms with Crippen LogP contribution in [-0.2, 0) is 33.7 Å². The minimum Gasteiger partial charge on any atom is -0.379 e. The Hall–Kier alpha value is -3.22. The summed E-state index contributed by atoms with van der Waals surface area (Å²) in [4.78, 5) is 28.8. The van der Waals surface area contributed by atoms with Crippen LogP contribution >= 0.6 is 11.6 Å². The third kappa shape index (κ3) is 9.63. The summed E-state index contributed by atoms with van der Waals surface area (Å²) in [5.74, 6) is -0.796. The van der Waals surface area contributed by atoms with Crippen LogP contribution in [0.1, 0.15) is 37.0 Å². The van der Waals surface area contributed by atoms with Crippen LogP contribution in [-0.4, -0.2) is 42.0 Å². The molecule has 0 radical (unpaired) electrons. The van der Waals surface area contributed by atoms with Gasteiger partial charge in [-0.25, -0.2) is 4.39 Å². The Balaban J connectivity index is 1.86. The molecule has 3 rings (SSSR count). The van der Waals surface area contributed by atoms with Crippen molar-refractivity contribution in [1.82, 2.24) is 10.2 Å². The van der Waals surface area contributed by atoms with Crippen LogP contribution in [0.3, 0.4) is 0 Å². The van der Waals surface area contributed by atoms with E-state index in [-0.39, 0.29) is 36.7 Å². The summed E-state index contributed by atoms with van der Waals surface area (Å²) in [6.45, 7) is 5.08. The summed E-state index contributed by atoms with van der Waals surface area (Å²) in [6.07, 6.45) is 1.25. The van der Waals surface area contributed by atoms with E-state index in [1.807, 2.05) is 44.2 Å². The maximum atomic E-state index is 13.7. The number of rotatable bonds is 13. The monoisotopic (exact) mass is 524 g/mol. The number of hydrogen-bond donors (Lipinski definition) is 1. The average Bonchev–Trinajstić information content (AvgIpc) is 2.88. The van der Waals surface area contributed by atoms with Crippen LogP contribution in [0.15, 0.2) is 78.9 Å². The lowest BCUT2D eigenvalue weighted by Gasteiger charge is -2.32. The molecule has 0 spiro atoms. The molecule has 2 amide bonds. The highest BCUT2D eigenvalue weighted by molar-refractivity contribution is 6.30. The highest BCUT2D eigenvalue weighted by Crippen LogP contribution is 2.18. The van der Waals surface area contributed by atoms with Crippen molar-refractivity contribution >= 4 is 23.4 Å². The topological polar surface area (TPSA) is 58.6 Å². The summed E-state index contributed by atoms with van der Waals surface area (Å²) in [7, 11) is 0. The molecule has 196 valence electrons. The zero-order chi connectivity index (χ0) is 26.6. The lowest BCUT2D eigenvalue weighted by molar-refractivity contribution is -0.140. The first-order valence-electron chi connectivity index (χ1n) is 12.5. The van der Waals surface area contributed by atoms with E-state index in [1.54, 1.807) is 41.3 Å². The highest BCUT2D eigenvalue weighted by Gasteiger charge is 2.30. The van der Waals surface area contributed by atoms with Crippen LogP contribution in [0.5, 0.6) is 0 Å². The minimum atomic E-state index is -0.752. The molecule has 5 nitrogen and oxygen atoms in total. The molecular formula is C30H34ClFN2O3. The van der Waals surface area contributed by atoms with Crippen LogP contribution in [0.2, 0.25) is 5.02 Å². The van der Waals surface area contributed by atoms with Gasteiger partial charge < -0.3 is 15.0 Å². The smallest absolute Gasteiger partial charge is 0.243 e. The van der Waals surface area contributed by atoms with Gasteiger partial charge in [-0.1, -0.05) is 66.2 Å². The average molecular weight is 525 g/mol. The Kier molecular flexibility index (Phi) is 11.1. The minimum absolute atomic E-state index is 0.110. The van der Waals surface area contributed by atoms with Crippen LogP contribution < -0.4 is 5.32 Å². The molecule has 0 fully saturated rings. The van der Waals surface area contributed by atoms with Crippen LogP contribution in [0, 0.1) is 5.82 Å². The fraction of sp³-hybridized carbons (Fsp3) is 0.333. The predicted molar refractivity (Wildman–Crippen MR) is 145 cm³/mol. The van der Waals surface area contributed by atoms with Gasteiger partial charge in [0.2, 0.25) is 11.8 Å². The standard InChI is InChI=1S/C30H34ClFN2O3/c1-22(2)37-18-6-17-33-30(36)28(19-23-7-4-3-5-8-23)34(21-25-11-15-27(32)16-12-25)29(35)20-24-9-13-26(31)14-10-24/h3-5,7-16,22,28H,6,17-21H2,1-2H3,(H,33,36)/t28-/m1/s1. The third-order valence-corrected chi connectivity index (χ3v) is 6.13. The van der Waals surface area contributed by atoms with E-state index in [2.05, 4.69) is 5.32 Å². The molecule has 0 aromatic heterocycles. The fourth-order valence-corrected chi connectivity index (χ4v) is 4.07. The number of ether oxygens (including phenoxy) is 1. The van der Waals surface area contributed by atoms with Crippen molar-refractivity contribution in [2.45, 2.75) is 51.8 Å². The molecular weight excluding hydrogens is 491 g/mol. The molecule has 1 N–H and O–H groups in total. The maximum Gasteiger partial charge on any atom is 0.243 e. The molecule has 3 aromatic carbocycles. The first kappa shape index (κ1) is 28.4. The molecule has 0 heterocycles. The Morgan fingerprint density at radius 2 is 1.57 bits per heavy atom. The fourth-order valence-electron chi connectivity index (χ4n) is 3.94. The van der Waals surface area contributed by atoms with E-state index in [0.717, 1.165) is 16.7 Å². The van der Waals surface area contributed by atoms with Gasteiger partial charge in [0.15, 0.2) is 0 Å². The molecule has 0 aliphatic rings. The van der Waals surface area contributed by atoms with Crippen LogP contribution in [0.4, 0.5) is 4.39 Å². The van der Waals surface area contributed by atoms with E-state index >= 15 is 0 Å². The van der Waals surface area contributed by atoms with Gasteiger partial charge in [0.1, 0.15) is 11.9 Å². The number of amides is 2. The van der Waals surface area contributed by atoms with Gasteiger partial charge in [-0.3, -0.25) is 9.59 Å². The molecule has 0 saturated heterocycles. The SMILES string of the molecule is CC(C)OCCCNC(=O)[C@@H](Cc1ccccc1)N(Cc1ccc(F)cc1)C(=O)Cc1ccc(Cl)cc1. The number of carbonyl (C=O) groups is 2. The summed E-state index contributed by atoms with van der Waals surface area (Å²) in [6, 6.07) is 21.9. The molecule has 3 aromatic rings. The van der Waals surface area contributed by atoms with Gasteiger partial charge in [-0.2, -0.15) is 0 Å². The van der Waals surface area contributed by atoms with Gasteiger partial charge in [0, 0.05) is 31.1 Å². The van der Waals surface area contributed by atoms with Gasteiger partial charge >= 0.3 is 0 Å². The quantitative estimate of drug-likeness (QED) is 0.296. The molecule has 1 atom stereocenters. The zero-order valence-corrected chi connectivity index (χ0v) is 22.1. The summed E-state index contributed by atoms with van der Waals surface area (Å²) in [5, 5.41) is 3.57. The Morgan fingerprint density at radius 1 is 0.919 bits per heavy atom. The number of carbonyl (C=O) groups excluding carboxylic acids is 2. The first-order chi connectivity index (χ1) is 17.8. The second kappa shape index (κ2) is 14.5. The Bertz CT molecular complexity index is 1120. The number of nitrogens with zero attached hydrogens (tertiary/aromatic N) is 1. The van der Waals surface area contributed by atoms with E-state index in [4.69, 9.17) is 16.3 Å². The van der Waals surface area contributed by atoms with Crippen molar-refractivity contribution in [3.05, 3.63) is 106 Å². The molecule has 7 heteroatoms. The van der Waals surface area contributed by atoms with Gasteiger partial charge in [0.05, 0.1) is 12.5 Å². The lowest BCUT2D eigenvalue weighted by atomic mass is 10.0. The normalized spacial score (nSPS) is 11.8. The van der Waals surface area contributed by atoms with Crippen molar-refractivity contribution in [1.29, 1.82) is 0 Å². The van der Waals surface area contributed by atoms with Gasteiger partial charge in [0.25, 0.3) is 0 Å². The number of halogens is 2. The Labute approximate surface area is 223 Å². The lowest BCUT2D eigenvalue weighted by Crippen LogP contribution is -2.51. The van der Waals surface area contributed by atoms with Crippen molar-refractivity contribution in [3.63, 3.8) is 0 Å². The summed E-state index contributed by atoms with van der Waals surface area (Å²) >= 11 is 6.01. The molecule has 0 saturated carbocycles. The number of nitrogens with one attached hydrogen (secondary N) is 1. The van der Waals surface area contributed by atoms with Crippen LogP contribution in [0.25, 0.3) is 0 Å². The summed E-state index contributed by atoms with van der Waals surface area (Å²) in [5.41, 5.74) is 2.47. The molecule has 37 heavy (non-hydrogen) atoms. The van der Waals surface area contributed by atoms with E-state index in [9.17, 15) is 14.0 Å². The predicted octanol–water partition coefficient (Wildman–Crippen LogP) is 5.59. The number of hydrogen-bond acceptors (Lipinski definition) is 3. The Morgan fingerprint density at radius 3 is 2.22 bits per heavy atom. The maximum absolute atomic E-state index is 13.7. The van der Waals surface area contributed by atoms with Crippen molar-refractivity contribution in [2.75, 3.05) is 13.2 Å². The molecule has 0 bridgehead atoms. The second-order valence-corrected chi connectivity index (χ2v) is 9.66. The van der Waals surface area contributed by atoms with E-state index in [1.165, 1.54) is 12.1 Å². The van der Waals surface area contributed by atoms with Crippen molar-refractivity contribution in [3.8, 4) is 0 Å². The third-order valence-electron chi connectivity index (χ3n) is 5.88. The van der Waals surface area contributed by atoms with E-state index < -0.39 is 6.04 Å². The molecule has 0 aliphatic heterocycles. The largest absolute Gasteiger partial charge is 0.379 e. The highest BCUT2D eigenvalue weighted by atomic mass is 35.5. The van der Waals surface area contributed by atoms with Gasteiger partial charge in [-0.05, 0) is 61.2 Å². The molecule has 0 aliphatic carbocycles. The first-order valence-corrected chi connectivity index (χ1v) is 12.9. The zero-order valence-electron chi connectivity index (χ0n) is 21.3. The number of benzene rings is 3. The van der Waals surface area contributed by atoms with E-state index in [0.29, 0.717) is 31.0 Å². The molecule has 0 unspecified atom stereocenters. The van der Waals surface area contributed by atoms with Gasteiger partial charge in [-0.15, -0.1) is 0 Å². The second-order valence-electron chi connectivity index (χ2n) is 9.22.